The van der Waals surface area contributed by atoms with E-state index in [-0.39, 0.29) is 22.8 Å². The molecule has 0 aliphatic carbocycles. The molecule has 0 saturated carbocycles. The first kappa shape index (κ1) is 20.1. The third-order valence-corrected chi connectivity index (χ3v) is 5.15. The van der Waals surface area contributed by atoms with Crippen molar-refractivity contribution in [1.29, 1.82) is 0 Å². The third kappa shape index (κ3) is 5.42. The van der Waals surface area contributed by atoms with Crippen molar-refractivity contribution in [3.05, 3.63) is 84.1 Å². The summed E-state index contributed by atoms with van der Waals surface area (Å²) in [6, 6.07) is 13.5. The van der Waals surface area contributed by atoms with Crippen molar-refractivity contribution in [2.75, 3.05) is 4.72 Å². The zero-order valence-electron chi connectivity index (χ0n) is 14.9. The minimum absolute atomic E-state index is 0.0383. The fourth-order valence-electron chi connectivity index (χ4n) is 2.34. The molecule has 0 spiro atoms. The minimum atomic E-state index is -3.86. The Morgan fingerprint density at radius 2 is 1.62 bits per heavy atom. The second-order valence-electron chi connectivity index (χ2n) is 5.91. The zero-order valence-corrected chi connectivity index (χ0v) is 15.7. The summed E-state index contributed by atoms with van der Waals surface area (Å²) in [7, 11) is -3.86. The predicted molar refractivity (Wildman–Crippen MR) is 102 cm³/mol. The van der Waals surface area contributed by atoms with E-state index in [1.54, 1.807) is 18.2 Å². The number of halogens is 1. The van der Waals surface area contributed by atoms with E-state index in [2.05, 4.69) is 15.6 Å². The number of carbonyl (C=O) groups is 2. The molecule has 3 aromatic rings. The Kier molecular flexibility index (Phi) is 5.93. The molecule has 29 heavy (non-hydrogen) atoms. The number of anilines is 1. The molecular formula is C19H16FN3O5S. The van der Waals surface area contributed by atoms with E-state index in [1.165, 1.54) is 24.5 Å². The van der Waals surface area contributed by atoms with E-state index >= 15 is 0 Å². The molecule has 0 aliphatic heterocycles. The maximum Gasteiger partial charge on any atom is 0.305 e. The summed E-state index contributed by atoms with van der Waals surface area (Å²) >= 11 is 0. The van der Waals surface area contributed by atoms with E-state index in [0.717, 1.165) is 24.3 Å². The average molecular weight is 417 g/mol. The Morgan fingerprint density at radius 1 is 0.931 bits per heavy atom. The summed E-state index contributed by atoms with van der Waals surface area (Å²) in [6.07, 6.45) is 1.30. The van der Waals surface area contributed by atoms with Gasteiger partial charge in [-0.2, -0.15) is 0 Å². The third-order valence-electron chi connectivity index (χ3n) is 3.76. The van der Waals surface area contributed by atoms with Gasteiger partial charge in [-0.15, -0.1) is 0 Å². The lowest BCUT2D eigenvalue weighted by Gasteiger charge is -2.09. The van der Waals surface area contributed by atoms with Crippen LogP contribution in [0.4, 0.5) is 10.1 Å². The van der Waals surface area contributed by atoms with E-state index < -0.39 is 27.7 Å². The molecule has 0 bridgehead atoms. The Balaban J connectivity index is 1.55. The first-order valence-corrected chi connectivity index (χ1v) is 9.82. The van der Waals surface area contributed by atoms with Gasteiger partial charge in [-0.25, -0.2) is 12.8 Å². The van der Waals surface area contributed by atoms with Crippen LogP contribution in [0.1, 0.15) is 16.1 Å². The SMILES string of the molecule is O=C(Cc1ccc(NS(=O)(=O)c2ccc(F)cc2)cc1)NNC(=O)c1ccco1. The van der Waals surface area contributed by atoms with Crippen molar-refractivity contribution in [2.24, 2.45) is 0 Å². The summed E-state index contributed by atoms with van der Waals surface area (Å²) in [5, 5.41) is 0. The van der Waals surface area contributed by atoms with Crippen LogP contribution in [0.3, 0.4) is 0 Å². The molecule has 0 saturated heterocycles. The van der Waals surface area contributed by atoms with E-state index in [4.69, 9.17) is 4.42 Å². The molecule has 10 heteroatoms. The van der Waals surface area contributed by atoms with Crippen LogP contribution >= 0.6 is 0 Å². The molecular weight excluding hydrogens is 401 g/mol. The summed E-state index contributed by atoms with van der Waals surface area (Å²) in [5.41, 5.74) is 5.36. The highest BCUT2D eigenvalue weighted by molar-refractivity contribution is 7.92. The van der Waals surface area contributed by atoms with Gasteiger partial charge in [0.15, 0.2) is 5.76 Å². The molecule has 3 rings (SSSR count). The van der Waals surface area contributed by atoms with Gasteiger partial charge < -0.3 is 4.42 Å². The molecule has 0 fully saturated rings. The number of hydrogen-bond acceptors (Lipinski definition) is 5. The predicted octanol–water partition coefficient (Wildman–Crippen LogP) is 2.22. The quantitative estimate of drug-likeness (QED) is 0.532. The van der Waals surface area contributed by atoms with Crippen LogP contribution in [0, 0.1) is 5.82 Å². The monoisotopic (exact) mass is 417 g/mol. The smallest absolute Gasteiger partial charge is 0.305 e. The molecule has 150 valence electrons. The number of benzene rings is 2. The zero-order chi connectivity index (χ0) is 20.9. The second kappa shape index (κ2) is 8.57. The summed E-state index contributed by atoms with van der Waals surface area (Å²) in [4.78, 5) is 23.5. The Morgan fingerprint density at radius 3 is 2.24 bits per heavy atom. The number of amides is 2. The van der Waals surface area contributed by atoms with Crippen molar-refractivity contribution in [2.45, 2.75) is 11.3 Å². The molecule has 0 atom stereocenters. The van der Waals surface area contributed by atoms with Gasteiger partial charge in [0.1, 0.15) is 5.82 Å². The number of nitrogens with one attached hydrogen (secondary N) is 3. The van der Waals surface area contributed by atoms with Gasteiger partial charge in [-0.05, 0) is 54.1 Å². The molecule has 1 aromatic heterocycles. The van der Waals surface area contributed by atoms with Crippen LogP contribution in [-0.4, -0.2) is 20.2 Å². The standard InChI is InChI=1S/C19H16FN3O5S/c20-14-5-9-16(10-6-14)29(26,27)23-15-7-3-13(4-8-15)12-18(24)21-22-19(25)17-2-1-11-28-17/h1-11,23H,12H2,(H,21,24)(H,22,25). The number of hydrogen-bond donors (Lipinski definition) is 3. The number of sulfonamides is 1. The van der Waals surface area contributed by atoms with Crippen LogP contribution in [0.15, 0.2) is 76.2 Å². The number of rotatable bonds is 6. The van der Waals surface area contributed by atoms with Gasteiger partial charge in [-0.3, -0.25) is 25.2 Å². The lowest BCUT2D eigenvalue weighted by atomic mass is 10.1. The highest BCUT2D eigenvalue weighted by Crippen LogP contribution is 2.17. The first-order chi connectivity index (χ1) is 13.8. The lowest BCUT2D eigenvalue weighted by molar-refractivity contribution is -0.121. The number of hydrazine groups is 1. The van der Waals surface area contributed by atoms with Crippen molar-refractivity contribution in [3.8, 4) is 0 Å². The topological polar surface area (TPSA) is 118 Å². The van der Waals surface area contributed by atoms with Crippen LogP contribution in [0.25, 0.3) is 0 Å². The van der Waals surface area contributed by atoms with E-state index in [9.17, 15) is 22.4 Å². The molecule has 2 amide bonds. The van der Waals surface area contributed by atoms with Crippen LogP contribution in [0.2, 0.25) is 0 Å². The van der Waals surface area contributed by atoms with Gasteiger partial charge in [0, 0.05) is 5.69 Å². The maximum atomic E-state index is 12.9. The molecule has 2 aromatic carbocycles. The molecule has 0 unspecified atom stereocenters. The van der Waals surface area contributed by atoms with Crippen molar-refractivity contribution in [1.82, 2.24) is 10.9 Å². The molecule has 3 N–H and O–H groups in total. The van der Waals surface area contributed by atoms with Gasteiger partial charge in [0.2, 0.25) is 5.91 Å². The Hall–Kier alpha value is -3.66. The van der Waals surface area contributed by atoms with Crippen molar-refractivity contribution < 1.29 is 26.8 Å². The Labute approximate surface area is 165 Å². The van der Waals surface area contributed by atoms with Gasteiger partial charge >= 0.3 is 5.91 Å². The Bertz CT molecular complexity index is 1100. The number of furan rings is 1. The van der Waals surface area contributed by atoms with Crippen LogP contribution in [-0.2, 0) is 21.2 Å². The first-order valence-electron chi connectivity index (χ1n) is 8.33. The fraction of sp³-hybridized carbons (Fsp3) is 0.0526. The van der Waals surface area contributed by atoms with Crippen LogP contribution in [0.5, 0.6) is 0 Å². The lowest BCUT2D eigenvalue weighted by Crippen LogP contribution is -2.42. The fourth-order valence-corrected chi connectivity index (χ4v) is 3.40. The highest BCUT2D eigenvalue weighted by atomic mass is 32.2. The minimum Gasteiger partial charge on any atom is -0.459 e. The largest absolute Gasteiger partial charge is 0.459 e. The summed E-state index contributed by atoms with van der Waals surface area (Å²) < 4.78 is 44.8. The average Bonchev–Trinajstić information content (AvgIpc) is 3.23. The molecule has 0 radical (unpaired) electrons. The molecule has 8 nitrogen and oxygen atoms in total. The summed E-state index contributed by atoms with van der Waals surface area (Å²) in [5.74, 6) is -1.53. The normalized spacial score (nSPS) is 10.9. The molecule has 1 heterocycles. The van der Waals surface area contributed by atoms with Gasteiger partial charge in [-0.1, -0.05) is 12.1 Å². The number of carbonyl (C=O) groups excluding carboxylic acids is 2. The molecule has 0 aliphatic rings. The highest BCUT2D eigenvalue weighted by Gasteiger charge is 2.14. The summed E-state index contributed by atoms with van der Waals surface area (Å²) in [6.45, 7) is 0. The van der Waals surface area contributed by atoms with Crippen molar-refractivity contribution in [3.63, 3.8) is 0 Å². The van der Waals surface area contributed by atoms with E-state index in [0.29, 0.717) is 5.56 Å². The van der Waals surface area contributed by atoms with Crippen molar-refractivity contribution >= 4 is 27.5 Å². The maximum absolute atomic E-state index is 12.9. The van der Waals surface area contributed by atoms with Gasteiger partial charge in [0.25, 0.3) is 10.0 Å². The van der Waals surface area contributed by atoms with E-state index in [1.807, 2.05) is 0 Å². The van der Waals surface area contributed by atoms with Crippen LogP contribution < -0.4 is 15.6 Å². The second-order valence-corrected chi connectivity index (χ2v) is 7.60. The van der Waals surface area contributed by atoms with Gasteiger partial charge in [0.05, 0.1) is 17.6 Å².